The number of imidazole rings is 1. The van der Waals surface area contributed by atoms with Gasteiger partial charge in [0.2, 0.25) is 0 Å². The molecule has 0 saturated carbocycles. The van der Waals surface area contributed by atoms with Gasteiger partial charge in [0.05, 0.1) is 18.7 Å². The van der Waals surface area contributed by atoms with E-state index < -0.39 is 5.97 Å². The molecule has 0 spiro atoms. The number of hydrogen-bond acceptors (Lipinski definition) is 4. The Hall–Kier alpha value is -3.35. The number of hydrogen-bond donors (Lipinski definition) is 2. The molecule has 34 heavy (non-hydrogen) atoms. The van der Waals surface area contributed by atoms with E-state index in [1.54, 1.807) is 6.07 Å². The number of aliphatic hydroxyl groups excluding tert-OH is 1. The minimum atomic E-state index is -0.968. The predicted octanol–water partition coefficient (Wildman–Crippen LogP) is 5.85. The molecule has 0 fully saturated rings. The van der Waals surface area contributed by atoms with Crippen LogP contribution in [-0.2, 0) is 26.2 Å². The summed E-state index contributed by atoms with van der Waals surface area (Å²) >= 11 is 6.46. The van der Waals surface area contributed by atoms with Gasteiger partial charge in [0.1, 0.15) is 29.0 Å². The van der Waals surface area contributed by atoms with Gasteiger partial charge in [-0.25, -0.2) is 9.78 Å². The molecule has 1 aromatic heterocycles. The lowest BCUT2D eigenvalue weighted by Crippen LogP contribution is -2.07. The predicted molar refractivity (Wildman–Crippen MR) is 133 cm³/mol. The third-order valence-corrected chi connectivity index (χ3v) is 6.26. The molecule has 0 aliphatic rings. The highest BCUT2D eigenvalue weighted by Gasteiger charge is 2.16. The lowest BCUT2D eigenvalue weighted by atomic mass is 9.99. The molecule has 2 N–H and O–H groups in total. The van der Waals surface area contributed by atoms with Crippen molar-refractivity contribution < 1.29 is 19.7 Å². The molecule has 1 heterocycles. The summed E-state index contributed by atoms with van der Waals surface area (Å²) in [4.78, 5) is 16.4. The zero-order valence-corrected chi connectivity index (χ0v) is 19.8. The number of benzene rings is 3. The summed E-state index contributed by atoms with van der Waals surface area (Å²) in [5.41, 5.74) is 2.41. The number of carboxylic acid groups (broad SMARTS) is 1. The second-order valence-electron chi connectivity index (χ2n) is 8.17. The number of carbonyl (C=O) groups is 1. The van der Waals surface area contributed by atoms with Crippen molar-refractivity contribution in [2.24, 2.45) is 0 Å². The first-order valence-electron chi connectivity index (χ1n) is 11.3. The molecule has 4 rings (SSSR count). The smallest absolute Gasteiger partial charge is 0.336 e. The standard InChI is InChI=1S/C27H27ClN2O4/c1-2-3-8-24-29-23(16-31)26(28)30(24)15-18-9-13-21(14-10-18)34-17-20-12-11-19-6-4-5-7-22(19)25(20)27(32)33/h4-7,9-14,31H,2-3,8,15-17H2,1H3,(H,32,33). The van der Waals surface area contributed by atoms with Crippen molar-refractivity contribution >= 4 is 28.3 Å². The summed E-state index contributed by atoms with van der Waals surface area (Å²) in [6, 6.07) is 18.8. The van der Waals surface area contributed by atoms with Crippen LogP contribution in [-0.4, -0.2) is 25.7 Å². The summed E-state index contributed by atoms with van der Waals surface area (Å²) in [5, 5.41) is 21.3. The summed E-state index contributed by atoms with van der Waals surface area (Å²) in [5.74, 6) is 0.546. The first-order valence-corrected chi connectivity index (χ1v) is 11.7. The van der Waals surface area contributed by atoms with E-state index in [0.717, 1.165) is 36.0 Å². The van der Waals surface area contributed by atoms with Gasteiger partial charge in [0.15, 0.2) is 0 Å². The molecule has 0 atom stereocenters. The quantitative estimate of drug-likeness (QED) is 0.298. The number of unbranched alkanes of at least 4 members (excludes halogenated alkanes) is 1. The first kappa shape index (κ1) is 23.8. The zero-order chi connectivity index (χ0) is 24.1. The van der Waals surface area contributed by atoms with Crippen molar-refractivity contribution in [2.45, 2.75) is 45.9 Å². The van der Waals surface area contributed by atoms with Crippen LogP contribution < -0.4 is 4.74 Å². The number of aromatic carboxylic acids is 1. The van der Waals surface area contributed by atoms with Gasteiger partial charge in [-0.2, -0.15) is 0 Å². The van der Waals surface area contributed by atoms with Crippen molar-refractivity contribution in [3.63, 3.8) is 0 Å². The molecule has 0 bridgehead atoms. The van der Waals surface area contributed by atoms with Crippen LogP contribution in [0.2, 0.25) is 5.15 Å². The third kappa shape index (κ3) is 5.08. The van der Waals surface area contributed by atoms with Gasteiger partial charge < -0.3 is 19.5 Å². The van der Waals surface area contributed by atoms with Crippen molar-refractivity contribution in [1.29, 1.82) is 0 Å². The second-order valence-corrected chi connectivity index (χ2v) is 8.53. The molecule has 0 saturated heterocycles. The molecule has 7 heteroatoms. The number of ether oxygens (including phenoxy) is 1. The fourth-order valence-corrected chi connectivity index (χ4v) is 4.30. The van der Waals surface area contributed by atoms with Crippen molar-refractivity contribution in [3.05, 3.63) is 94.0 Å². The number of carboxylic acids is 1. The Balaban J connectivity index is 1.49. The number of nitrogens with zero attached hydrogens (tertiary/aromatic N) is 2. The number of fused-ring (bicyclic) bond motifs is 1. The lowest BCUT2D eigenvalue weighted by molar-refractivity contribution is 0.0696. The van der Waals surface area contributed by atoms with E-state index in [2.05, 4.69) is 11.9 Å². The maximum atomic E-state index is 11.9. The Labute approximate surface area is 203 Å². The van der Waals surface area contributed by atoms with Gasteiger partial charge in [-0.3, -0.25) is 0 Å². The maximum absolute atomic E-state index is 11.9. The fourth-order valence-electron chi connectivity index (χ4n) is 4.04. The molecule has 6 nitrogen and oxygen atoms in total. The Kier molecular flexibility index (Phi) is 7.50. The third-order valence-electron chi connectivity index (χ3n) is 5.84. The number of aryl methyl sites for hydroxylation is 1. The highest BCUT2D eigenvalue weighted by molar-refractivity contribution is 6.30. The van der Waals surface area contributed by atoms with E-state index in [-0.39, 0.29) is 18.8 Å². The Bertz CT molecular complexity index is 1300. The van der Waals surface area contributed by atoms with Gasteiger partial charge in [-0.05, 0) is 34.9 Å². The van der Waals surface area contributed by atoms with Crippen LogP contribution in [0.25, 0.3) is 10.8 Å². The van der Waals surface area contributed by atoms with Crippen LogP contribution in [0.4, 0.5) is 0 Å². The molecular weight excluding hydrogens is 452 g/mol. The summed E-state index contributed by atoms with van der Waals surface area (Å²) in [7, 11) is 0. The molecule has 4 aromatic rings. The minimum absolute atomic E-state index is 0.153. The molecule has 176 valence electrons. The van der Waals surface area contributed by atoms with Crippen LogP contribution in [0.5, 0.6) is 5.75 Å². The molecule has 0 amide bonds. The average Bonchev–Trinajstić information content (AvgIpc) is 3.15. The number of aliphatic hydroxyl groups is 1. The van der Waals surface area contributed by atoms with E-state index >= 15 is 0 Å². The summed E-state index contributed by atoms with van der Waals surface area (Å²) in [6.07, 6.45) is 2.85. The Morgan fingerprint density at radius 3 is 2.56 bits per heavy atom. The molecule has 3 aromatic carbocycles. The van der Waals surface area contributed by atoms with Crippen LogP contribution >= 0.6 is 11.6 Å². The summed E-state index contributed by atoms with van der Waals surface area (Å²) < 4.78 is 7.85. The summed E-state index contributed by atoms with van der Waals surface area (Å²) in [6.45, 7) is 2.63. The van der Waals surface area contributed by atoms with Gasteiger partial charge >= 0.3 is 5.97 Å². The number of halogens is 1. The van der Waals surface area contributed by atoms with Crippen LogP contribution in [0.3, 0.4) is 0 Å². The highest BCUT2D eigenvalue weighted by Crippen LogP contribution is 2.25. The van der Waals surface area contributed by atoms with E-state index in [9.17, 15) is 15.0 Å². The Morgan fingerprint density at radius 2 is 1.85 bits per heavy atom. The van der Waals surface area contributed by atoms with Crippen molar-refractivity contribution in [1.82, 2.24) is 9.55 Å². The molecule has 0 unspecified atom stereocenters. The van der Waals surface area contributed by atoms with Crippen molar-refractivity contribution in [2.75, 3.05) is 0 Å². The monoisotopic (exact) mass is 478 g/mol. The van der Waals surface area contributed by atoms with Gasteiger partial charge in [0.25, 0.3) is 0 Å². The van der Waals surface area contributed by atoms with E-state index in [1.165, 1.54) is 0 Å². The van der Waals surface area contributed by atoms with Crippen LogP contribution in [0, 0.1) is 0 Å². The van der Waals surface area contributed by atoms with E-state index in [1.807, 2.05) is 59.2 Å². The van der Waals surface area contributed by atoms with Gasteiger partial charge in [0, 0.05) is 12.0 Å². The topological polar surface area (TPSA) is 84.6 Å². The first-order chi connectivity index (χ1) is 16.5. The lowest BCUT2D eigenvalue weighted by Gasteiger charge is -2.13. The molecule has 0 radical (unpaired) electrons. The zero-order valence-electron chi connectivity index (χ0n) is 19.0. The average molecular weight is 479 g/mol. The second kappa shape index (κ2) is 10.7. The minimum Gasteiger partial charge on any atom is -0.489 e. The normalized spacial score (nSPS) is 11.1. The fraction of sp³-hybridized carbons (Fsp3) is 0.259. The largest absolute Gasteiger partial charge is 0.489 e. The van der Waals surface area contributed by atoms with E-state index in [4.69, 9.17) is 16.3 Å². The Morgan fingerprint density at radius 1 is 1.09 bits per heavy atom. The number of aromatic nitrogens is 2. The van der Waals surface area contributed by atoms with Gasteiger partial charge in [-0.15, -0.1) is 0 Å². The SMILES string of the molecule is CCCCc1nc(CO)c(Cl)n1Cc1ccc(OCc2ccc3ccccc3c2C(=O)O)cc1. The van der Waals surface area contributed by atoms with Crippen LogP contribution in [0.1, 0.15) is 52.8 Å². The van der Waals surface area contributed by atoms with E-state index in [0.29, 0.717) is 34.1 Å². The number of rotatable bonds is 10. The van der Waals surface area contributed by atoms with Gasteiger partial charge in [-0.1, -0.05) is 73.5 Å². The molecule has 0 aliphatic carbocycles. The van der Waals surface area contributed by atoms with Crippen molar-refractivity contribution in [3.8, 4) is 5.75 Å². The highest BCUT2D eigenvalue weighted by atomic mass is 35.5. The maximum Gasteiger partial charge on any atom is 0.336 e. The van der Waals surface area contributed by atoms with Crippen LogP contribution in [0.15, 0.2) is 60.7 Å². The molecular formula is C27H27ClN2O4. The molecule has 0 aliphatic heterocycles.